The van der Waals surface area contributed by atoms with Gasteiger partial charge >= 0.3 is 0 Å². The number of unbranched alkanes of at least 4 members (excludes halogenated alkanes) is 6. The number of carbonyl (C=O) groups excluding carboxylic acids is 1. The van der Waals surface area contributed by atoms with E-state index >= 15 is 0 Å². The molecule has 0 saturated carbocycles. The van der Waals surface area contributed by atoms with Crippen molar-refractivity contribution < 1.29 is 19.0 Å². The highest BCUT2D eigenvalue weighted by molar-refractivity contribution is 5.96. The number of ether oxygens (including phenoxy) is 3. The highest BCUT2D eigenvalue weighted by Gasteiger charge is 2.12. The molecule has 0 aliphatic rings. The smallest absolute Gasteiger partial charge is 0.163 e. The Bertz CT molecular complexity index is 830. The van der Waals surface area contributed by atoms with Gasteiger partial charge in [-0.3, -0.25) is 4.79 Å². The van der Waals surface area contributed by atoms with E-state index in [-0.39, 0.29) is 5.78 Å². The van der Waals surface area contributed by atoms with Gasteiger partial charge in [-0.2, -0.15) is 0 Å². The molecule has 0 unspecified atom stereocenters. The molecule has 0 aromatic heterocycles. The maximum absolute atomic E-state index is 13.0. The Morgan fingerprint density at radius 3 is 1.88 bits per heavy atom. The van der Waals surface area contributed by atoms with E-state index in [0.29, 0.717) is 38.2 Å². The van der Waals surface area contributed by atoms with Gasteiger partial charge in [0, 0.05) is 12.0 Å². The first-order chi connectivity index (χ1) is 16.7. The average molecular weight is 469 g/mol. The van der Waals surface area contributed by atoms with E-state index in [1.807, 2.05) is 42.5 Å². The third-order valence-corrected chi connectivity index (χ3v) is 5.85. The molecule has 0 radical (unpaired) electrons. The van der Waals surface area contributed by atoms with Gasteiger partial charge in [-0.25, -0.2) is 0 Å². The Kier molecular flexibility index (Phi) is 13.9. The van der Waals surface area contributed by atoms with Crippen LogP contribution in [-0.4, -0.2) is 25.6 Å². The summed E-state index contributed by atoms with van der Waals surface area (Å²) in [4.78, 5) is 13.0. The number of ketones is 1. The molecule has 2 rings (SSSR count). The molecule has 0 heterocycles. The second-order valence-corrected chi connectivity index (χ2v) is 8.89. The molecule has 0 N–H and O–H groups in total. The van der Waals surface area contributed by atoms with Crippen LogP contribution >= 0.6 is 0 Å². The lowest BCUT2D eigenvalue weighted by atomic mass is 10.0. The summed E-state index contributed by atoms with van der Waals surface area (Å²) in [5.74, 6) is 2.59. The quantitative estimate of drug-likeness (QED) is 0.154. The van der Waals surface area contributed by atoms with E-state index in [0.717, 1.165) is 67.8 Å². The number of benzene rings is 2. The van der Waals surface area contributed by atoms with E-state index in [2.05, 4.69) is 20.8 Å². The minimum absolute atomic E-state index is 0.116. The van der Waals surface area contributed by atoms with Crippen molar-refractivity contribution in [1.82, 2.24) is 0 Å². The SMILES string of the molecule is CCCCCOc1cccc(C(=O)CCc2cc(OCCCCC)ccc2OCCCCC)c1. The van der Waals surface area contributed by atoms with Crippen LogP contribution in [0.3, 0.4) is 0 Å². The molecule has 4 heteroatoms. The number of carbonyl (C=O) groups is 1. The summed E-state index contributed by atoms with van der Waals surface area (Å²) in [6, 6.07) is 13.6. The van der Waals surface area contributed by atoms with Crippen LogP contribution in [0.4, 0.5) is 0 Å². The summed E-state index contributed by atoms with van der Waals surface area (Å²) < 4.78 is 17.9. The fourth-order valence-corrected chi connectivity index (χ4v) is 3.75. The van der Waals surface area contributed by atoms with Gasteiger partial charge < -0.3 is 14.2 Å². The predicted octanol–water partition coefficient (Wildman–Crippen LogP) is 8.21. The zero-order valence-electron chi connectivity index (χ0n) is 21.6. The molecule has 4 nitrogen and oxygen atoms in total. The summed E-state index contributed by atoms with van der Waals surface area (Å²) >= 11 is 0. The number of hydrogen-bond donors (Lipinski definition) is 0. The summed E-state index contributed by atoms with van der Waals surface area (Å²) in [6.45, 7) is 8.66. The van der Waals surface area contributed by atoms with Crippen LogP contribution in [0.1, 0.15) is 101 Å². The highest BCUT2D eigenvalue weighted by Crippen LogP contribution is 2.27. The molecule has 0 atom stereocenters. The first kappa shape index (κ1) is 27.8. The lowest BCUT2D eigenvalue weighted by Gasteiger charge is -2.14. The van der Waals surface area contributed by atoms with Gasteiger partial charge in [0.2, 0.25) is 0 Å². The molecular weight excluding hydrogens is 424 g/mol. The van der Waals surface area contributed by atoms with E-state index < -0.39 is 0 Å². The highest BCUT2D eigenvalue weighted by atomic mass is 16.5. The molecule has 0 fully saturated rings. The van der Waals surface area contributed by atoms with Crippen molar-refractivity contribution in [1.29, 1.82) is 0 Å². The second-order valence-electron chi connectivity index (χ2n) is 8.89. The summed E-state index contributed by atoms with van der Waals surface area (Å²) in [5.41, 5.74) is 1.73. The molecule has 0 spiro atoms. The number of rotatable bonds is 19. The van der Waals surface area contributed by atoms with Gasteiger partial charge in [0.25, 0.3) is 0 Å². The van der Waals surface area contributed by atoms with Crippen molar-refractivity contribution in [3.8, 4) is 17.2 Å². The third kappa shape index (κ3) is 10.6. The Balaban J connectivity index is 2.00. The van der Waals surface area contributed by atoms with Crippen molar-refractivity contribution in [2.45, 2.75) is 91.4 Å². The fourth-order valence-electron chi connectivity index (χ4n) is 3.75. The summed E-state index contributed by atoms with van der Waals surface area (Å²) in [6.07, 6.45) is 11.1. The van der Waals surface area contributed by atoms with E-state index in [9.17, 15) is 4.79 Å². The monoisotopic (exact) mass is 468 g/mol. The first-order valence-electron chi connectivity index (χ1n) is 13.3. The van der Waals surface area contributed by atoms with Crippen LogP contribution < -0.4 is 14.2 Å². The topological polar surface area (TPSA) is 44.8 Å². The Morgan fingerprint density at radius 2 is 1.26 bits per heavy atom. The second kappa shape index (κ2) is 17.0. The predicted molar refractivity (Wildman–Crippen MR) is 141 cm³/mol. The van der Waals surface area contributed by atoms with Gasteiger partial charge in [-0.15, -0.1) is 0 Å². The molecule has 0 bridgehead atoms. The Labute approximate surface area is 207 Å². The molecule has 0 aliphatic heterocycles. The van der Waals surface area contributed by atoms with Crippen LogP contribution in [0, 0.1) is 0 Å². The van der Waals surface area contributed by atoms with Gasteiger partial charge in [-0.05, 0) is 61.6 Å². The third-order valence-electron chi connectivity index (χ3n) is 5.85. The zero-order valence-corrected chi connectivity index (χ0v) is 21.6. The summed E-state index contributed by atoms with van der Waals surface area (Å²) in [5, 5.41) is 0. The zero-order chi connectivity index (χ0) is 24.4. The average Bonchev–Trinajstić information content (AvgIpc) is 2.86. The molecule has 34 heavy (non-hydrogen) atoms. The molecule has 0 amide bonds. The van der Waals surface area contributed by atoms with Crippen molar-refractivity contribution in [2.24, 2.45) is 0 Å². The van der Waals surface area contributed by atoms with Crippen molar-refractivity contribution >= 4 is 5.78 Å². The minimum Gasteiger partial charge on any atom is -0.494 e. The van der Waals surface area contributed by atoms with Gasteiger partial charge in [0.15, 0.2) is 5.78 Å². The first-order valence-corrected chi connectivity index (χ1v) is 13.3. The molecule has 0 saturated heterocycles. The van der Waals surface area contributed by atoms with Gasteiger partial charge in [0.05, 0.1) is 19.8 Å². The van der Waals surface area contributed by atoms with Crippen molar-refractivity contribution in [3.05, 3.63) is 53.6 Å². The van der Waals surface area contributed by atoms with E-state index in [1.165, 1.54) is 12.8 Å². The molecule has 2 aromatic rings. The maximum atomic E-state index is 13.0. The Morgan fingerprint density at radius 1 is 0.676 bits per heavy atom. The van der Waals surface area contributed by atoms with Crippen LogP contribution in [0.2, 0.25) is 0 Å². The minimum atomic E-state index is 0.116. The number of aryl methyl sites for hydroxylation is 1. The normalized spacial score (nSPS) is 10.8. The fraction of sp³-hybridized carbons (Fsp3) is 0.567. The lowest BCUT2D eigenvalue weighted by molar-refractivity contribution is 0.0982. The van der Waals surface area contributed by atoms with Gasteiger partial charge in [0.1, 0.15) is 17.2 Å². The van der Waals surface area contributed by atoms with Crippen molar-refractivity contribution in [2.75, 3.05) is 19.8 Å². The largest absolute Gasteiger partial charge is 0.494 e. The molecule has 188 valence electrons. The van der Waals surface area contributed by atoms with Crippen LogP contribution in [0.25, 0.3) is 0 Å². The van der Waals surface area contributed by atoms with E-state index in [1.54, 1.807) is 0 Å². The standard InChI is InChI=1S/C30H44O4/c1-4-7-10-20-32-27-15-13-14-25(23-27)29(31)18-16-26-24-28(33-21-11-8-5-2)17-19-30(26)34-22-12-9-6-3/h13-15,17,19,23-24H,4-12,16,18,20-22H2,1-3H3. The van der Waals surface area contributed by atoms with E-state index in [4.69, 9.17) is 14.2 Å². The number of Topliss-reactive ketones (excluding diaryl/α,β-unsaturated/α-hetero) is 1. The van der Waals surface area contributed by atoms with Crippen LogP contribution in [0.5, 0.6) is 17.2 Å². The molecule has 0 aliphatic carbocycles. The molecular formula is C30H44O4. The summed E-state index contributed by atoms with van der Waals surface area (Å²) in [7, 11) is 0. The Hall–Kier alpha value is -2.49. The molecule has 2 aromatic carbocycles. The maximum Gasteiger partial charge on any atom is 0.163 e. The van der Waals surface area contributed by atoms with Gasteiger partial charge in [-0.1, -0.05) is 71.4 Å². The van der Waals surface area contributed by atoms with Crippen LogP contribution in [-0.2, 0) is 6.42 Å². The van der Waals surface area contributed by atoms with Crippen molar-refractivity contribution in [3.63, 3.8) is 0 Å². The van der Waals surface area contributed by atoms with Crippen LogP contribution in [0.15, 0.2) is 42.5 Å². The number of hydrogen-bond acceptors (Lipinski definition) is 4. The lowest BCUT2D eigenvalue weighted by Crippen LogP contribution is -2.06.